The number of carbonyl (C=O) groups excluding carboxylic acids is 3. The van der Waals surface area contributed by atoms with Crippen molar-refractivity contribution in [3.05, 3.63) is 11.6 Å². The fourth-order valence-electron chi connectivity index (χ4n) is 7.56. The standard InChI is InChI=1S/C23H32O5/c1-14(24)23(28-15(2)25)10-8-18-19-6-5-16-13-17(26)7-9-20(16,3)22(19,27)12-11-21(18,23)4/h13,18-19,27H,5-12H2,1-4H3/t18-,19-,20-,21-,22+,23-/m0/s1. The number of carbonyl (C=O) groups is 3. The third-order valence-electron chi connectivity index (χ3n) is 9.16. The van der Waals surface area contributed by atoms with Crippen molar-refractivity contribution in [2.24, 2.45) is 22.7 Å². The molecule has 0 heterocycles. The number of hydrogen-bond acceptors (Lipinski definition) is 5. The minimum atomic E-state index is -1.08. The van der Waals surface area contributed by atoms with Crippen LogP contribution in [0.5, 0.6) is 0 Å². The average molecular weight is 389 g/mol. The monoisotopic (exact) mass is 388 g/mol. The van der Waals surface area contributed by atoms with E-state index in [9.17, 15) is 19.5 Å². The van der Waals surface area contributed by atoms with E-state index in [4.69, 9.17) is 4.74 Å². The van der Waals surface area contributed by atoms with Crippen molar-refractivity contribution in [1.29, 1.82) is 0 Å². The predicted octanol–water partition coefficient (Wildman–Crippen LogP) is 3.52. The molecule has 3 fully saturated rings. The fraction of sp³-hybridized carbons (Fsp3) is 0.783. The summed E-state index contributed by atoms with van der Waals surface area (Å²) < 4.78 is 5.77. The van der Waals surface area contributed by atoms with Crippen LogP contribution in [0, 0.1) is 22.7 Å². The molecule has 0 saturated heterocycles. The number of esters is 1. The molecule has 5 nitrogen and oxygen atoms in total. The number of ketones is 2. The first-order valence-electron chi connectivity index (χ1n) is 10.7. The van der Waals surface area contributed by atoms with E-state index in [-0.39, 0.29) is 28.8 Å². The van der Waals surface area contributed by atoms with Crippen LogP contribution in [0.15, 0.2) is 11.6 Å². The third kappa shape index (κ3) is 2.25. The minimum absolute atomic E-state index is 0.0541. The summed E-state index contributed by atoms with van der Waals surface area (Å²) in [7, 11) is 0. The van der Waals surface area contributed by atoms with Crippen LogP contribution in [0.2, 0.25) is 0 Å². The van der Waals surface area contributed by atoms with Crippen LogP contribution in [0.4, 0.5) is 0 Å². The highest BCUT2D eigenvalue weighted by Gasteiger charge is 2.71. The molecule has 1 N–H and O–H groups in total. The number of rotatable bonds is 2. The molecule has 0 radical (unpaired) electrons. The van der Waals surface area contributed by atoms with Gasteiger partial charge in [-0.05, 0) is 69.8 Å². The smallest absolute Gasteiger partial charge is 0.303 e. The molecule has 3 saturated carbocycles. The average Bonchev–Trinajstić information content (AvgIpc) is 2.90. The Bertz CT molecular complexity index is 784. The van der Waals surface area contributed by atoms with Crippen LogP contribution in [0.25, 0.3) is 0 Å². The van der Waals surface area contributed by atoms with Gasteiger partial charge in [-0.3, -0.25) is 14.4 Å². The summed E-state index contributed by atoms with van der Waals surface area (Å²) in [5, 5.41) is 12.0. The molecular weight excluding hydrogens is 356 g/mol. The Morgan fingerprint density at radius 1 is 1.04 bits per heavy atom. The number of ether oxygens (including phenoxy) is 1. The van der Waals surface area contributed by atoms with E-state index in [1.807, 2.05) is 0 Å². The van der Waals surface area contributed by atoms with Gasteiger partial charge in [-0.15, -0.1) is 0 Å². The van der Waals surface area contributed by atoms with Crippen LogP contribution in [-0.4, -0.2) is 33.8 Å². The van der Waals surface area contributed by atoms with Crippen LogP contribution < -0.4 is 0 Å². The van der Waals surface area contributed by atoms with Crippen molar-refractivity contribution in [3.63, 3.8) is 0 Å². The van der Waals surface area contributed by atoms with Crippen LogP contribution in [-0.2, 0) is 19.1 Å². The Balaban J connectivity index is 1.76. The number of aliphatic hydroxyl groups is 1. The molecule has 154 valence electrons. The number of hydrogen-bond donors (Lipinski definition) is 1. The summed E-state index contributed by atoms with van der Waals surface area (Å²) in [6, 6.07) is 0. The highest BCUT2D eigenvalue weighted by molar-refractivity contribution is 5.92. The SMILES string of the molecule is CC(=O)O[C@]1(C(C)=O)CC[C@H]2[C@@H]3CCC4=CC(=O)CC[C@]4(C)[C@@]3(O)CC[C@@]21C. The lowest BCUT2D eigenvalue weighted by atomic mass is 9.44. The van der Waals surface area contributed by atoms with Crippen molar-refractivity contribution in [2.75, 3.05) is 0 Å². The van der Waals surface area contributed by atoms with E-state index in [0.717, 1.165) is 24.8 Å². The second kappa shape index (κ2) is 6.01. The van der Waals surface area contributed by atoms with Gasteiger partial charge in [-0.25, -0.2) is 0 Å². The Hall–Kier alpha value is -1.49. The molecule has 0 amide bonds. The molecule has 0 aromatic rings. The van der Waals surface area contributed by atoms with E-state index < -0.39 is 22.6 Å². The van der Waals surface area contributed by atoms with Crippen LogP contribution >= 0.6 is 0 Å². The molecule has 0 aliphatic heterocycles. The molecule has 28 heavy (non-hydrogen) atoms. The van der Waals surface area contributed by atoms with Crippen molar-refractivity contribution < 1.29 is 24.2 Å². The Labute approximate surface area is 166 Å². The van der Waals surface area contributed by atoms with E-state index in [0.29, 0.717) is 32.1 Å². The minimum Gasteiger partial charge on any atom is -0.451 e. The zero-order valence-electron chi connectivity index (χ0n) is 17.5. The van der Waals surface area contributed by atoms with Crippen LogP contribution in [0.3, 0.4) is 0 Å². The second-order valence-electron chi connectivity index (χ2n) is 10.1. The normalized spacial score (nSPS) is 47.5. The number of fused-ring (bicyclic) bond motifs is 5. The summed E-state index contributed by atoms with van der Waals surface area (Å²) in [5.74, 6) is -0.140. The van der Waals surface area contributed by atoms with Gasteiger partial charge in [0.1, 0.15) is 0 Å². The maximum atomic E-state index is 12.7. The van der Waals surface area contributed by atoms with Gasteiger partial charge in [-0.1, -0.05) is 19.4 Å². The van der Waals surface area contributed by atoms with Gasteiger partial charge in [0.15, 0.2) is 17.2 Å². The lowest BCUT2D eigenvalue weighted by Gasteiger charge is -2.63. The van der Waals surface area contributed by atoms with Gasteiger partial charge in [0, 0.05) is 24.2 Å². The van der Waals surface area contributed by atoms with Gasteiger partial charge < -0.3 is 9.84 Å². The van der Waals surface area contributed by atoms with Crippen LogP contribution in [0.1, 0.15) is 79.1 Å². The maximum Gasteiger partial charge on any atom is 0.303 e. The summed E-state index contributed by atoms with van der Waals surface area (Å²) in [5.41, 5.74) is -1.69. The highest BCUT2D eigenvalue weighted by atomic mass is 16.6. The summed E-state index contributed by atoms with van der Waals surface area (Å²) in [4.78, 5) is 36.6. The molecule has 5 heteroatoms. The highest BCUT2D eigenvalue weighted by Crippen LogP contribution is 2.69. The first kappa shape index (κ1) is 19.8. The number of Topliss-reactive ketones (excluding diaryl/α,β-unsaturated/α-hetero) is 1. The van der Waals surface area contributed by atoms with Crippen molar-refractivity contribution >= 4 is 17.5 Å². The molecular formula is C23H32O5. The summed E-state index contributed by atoms with van der Waals surface area (Å²) in [6.07, 6.45) is 7.13. The molecule has 0 aromatic carbocycles. The molecule has 4 aliphatic carbocycles. The summed E-state index contributed by atoms with van der Waals surface area (Å²) in [6.45, 7) is 7.12. The first-order chi connectivity index (χ1) is 13.0. The van der Waals surface area contributed by atoms with E-state index in [1.165, 1.54) is 13.8 Å². The molecule has 0 aromatic heterocycles. The molecule has 6 atom stereocenters. The third-order valence-corrected chi connectivity index (χ3v) is 9.16. The van der Waals surface area contributed by atoms with Gasteiger partial charge >= 0.3 is 5.97 Å². The molecule has 0 unspecified atom stereocenters. The van der Waals surface area contributed by atoms with E-state index in [2.05, 4.69) is 13.8 Å². The van der Waals surface area contributed by atoms with Crippen molar-refractivity contribution in [2.45, 2.75) is 90.3 Å². The zero-order valence-corrected chi connectivity index (χ0v) is 17.5. The van der Waals surface area contributed by atoms with Crippen molar-refractivity contribution in [3.8, 4) is 0 Å². The maximum absolute atomic E-state index is 12.7. The zero-order chi connectivity index (χ0) is 20.5. The Kier molecular flexibility index (Phi) is 4.25. The Morgan fingerprint density at radius 2 is 1.75 bits per heavy atom. The van der Waals surface area contributed by atoms with Gasteiger partial charge in [0.2, 0.25) is 0 Å². The Morgan fingerprint density at radius 3 is 2.39 bits per heavy atom. The fourth-order valence-corrected chi connectivity index (χ4v) is 7.56. The summed E-state index contributed by atoms with van der Waals surface area (Å²) >= 11 is 0. The molecule has 4 aliphatic rings. The van der Waals surface area contributed by atoms with E-state index in [1.54, 1.807) is 6.08 Å². The second-order valence-corrected chi connectivity index (χ2v) is 10.1. The lowest BCUT2D eigenvalue weighted by molar-refractivity contribution is -0.217. The largest absolute Gasteiger partial charge is 0.451 e. The van der Waals surface area contributed by atoms with E-state index >= 15 is 0 Å². The van der Waals surface area contributed by atoms with Gasteiger partial charge in [0.05, 0.1) is 5.60 Å². The van der Waals surface area contributed by atoms with Gasteiger partial charge in [0.25, 0.3) is 0 Å². The quantitative estimate of drug-likeness (QED) is 0.732. The molecule has 4 rings (SSSR count). The van der Waals surface area contributed by atoms with Crippen molar-refractivity contribution in [1.82, 2.24) is 0 Å². The first-order valence-corrected chi connectivity index (χ1v) is 10.7. The molecule has 0 spiro atoms. The topological polar surface area (TPSA) is 80.7 Å². The molecule has 0 bridgehead atoms. The predicted molar refractivity (Wildman–Crippen MR) is 103 cm³/mol. The van der Waals surface area contributed by atoms with Gasteiger partial charge in [-0.2, -0.15) is 0 Å². The lowest BCUT2D eigenvalue weighted by Crippen LogP contribution is -2.66.